The van der Waals surface area contributed by atoms with Gasteiger partial charge in [-0.15, -0.1) is 0 Å². The Kier molecular flexibility index (Phi) is 6.85. The van der Waals surface area contributed by atoms with Crippen LogP contribution >= 0.6 is 0 Å². The highest BCUT2D eigenvalue weighted by atomic mass is 32.2. The first-order valence-corrected chi connectivity index (χ1v) is 9.00. The minimum Gasteiger partial charge on any atom is -0.418 e. The Bertz CT molecular complexity index is 1100. The summed E-state index contributed by atoms with van der Waals surface area (Å²) in [7, 11) is 0. The summed E-state index contributed by atoms with van der Waals surface area (Å²) in [5, 5.41) is 0. The molecule has 1 aliphatic heterocycles. The molecule has 2 unspecified atom stereocenters. The molecule has 0 aliphatic carbocycles. The van der Waals surface area contributed by atoms with Crippen LogP contribution in [0.5, 0.6) is 11.5 Å². The summed E-state index contributed by atoms with van der Waals surface area (Å²) in [4.78, 5) is 24.1. The first-order chi connectivity index (χ1) is 15.8. The fourth-order valence-corrected chi connectivity index (χ4v) is 3.03. The van der Waals surface area contributed by atoms with Gasteiger partial charge in [0.25, 0.3) is 0 Å². The molecule has 0 aromatic heterocycles. The second kappa shape index (κ2) is 9.18. The molecule has 3 rings (SSSR count). The lowest BCUT2D eigenvalue weighted by atomic mass is 10.2. The molecule has 1 heterocycles. The molecule has 0 saturated carbocycles. The molecule has 34 heavy (non-hydrogen) atoms. The summed E-state index contributed by atoms with van der Waals surface area (Å²) in [5.74, 6) is -34.8. The van der Waals surface area contributed by atoms with Gasteiger partial charge in [0.15, 0.2) is 0 Å². The summed E-state index contributed by atoms with van der Waals surface area (Å²) >= 11 is -3.08. The van der Waals surface area contributed by atoms with E-state index in [1.54, 1.807) is 0 Å². The number of hydrogen-bond acceptors (Lipinski definition) is 7. The topological polar surface area (TPSA) is 88.1 Å². The second-order valence-electron chi connectivity index (χ2n) is 5.88. The maximum atomic E-state index is 13.7. The zero-order valence-electron chi connectivity index (χ0n) is 15.2. The van der Waals surface area contributed by atoms with Crippen LogP contribution in [0.4, 0.5) is 43.9 Å². The summed E-state index contributed by atoms with van der Waals surface area (Å²) < 4.78 is 161. The zero-order chi connectivity index (χ0) is 25.6. The Morgan fingerprint density at radius 3 is 1.03 bits per heavy atom. The molecule has 0 radical (unpaired) electrons. The number of benzene rings is 2. The van der Waals surface area contributed by atoms with Crippen molar-refractivity contribution >= 4 is 23.3 Å². The van der Waals surface area contributed by atoms with Crippen molar-refractivity contribution in [3.05, 3.63) is 58.2 Å². The normalized spacial score (nSPS) is 19.9. The zero-order valence-corrected chi connectivity index (χ0v) is 16.0. The minimum atomic E-state index is -3.08. The second-order valence-corrected chi connectivity index (χ2v) is 6.67. The SMILES string of the molecule is O=C(Oc1c(F)c(F)c(F)c(F)c1F)C1OS(=O)OC1C(=O)Oc1c(F)c(F)c(F)c(F)c1F. The number of halogens is 10. The average molecular weight is 528 g/mol. The molecule has 0 N–H and O–H groups in total. The van der Waals surface area contributed by atoms with Crippen LogP contribution in [0.1, 0.15) is 0 Å². The highest BCUT2D eigenvalue weighted by Gasteiger charge is 2.49. The molecule has 1 aliphatic rings. The lowest BCUT2D eigenvalue weighted by molar-refractivity contribution is -0.153. The first-order valence-electron chi connectivity index (χ1n) is 8.00. The van der Waals surface area contributed by atoms with Crippen molar-refractivity contribution in [1.29, 1.82) is 0 Å². The third kappa shape index (κ3) is 4.18. The molecular weight excluding hydrogens is 526 g/mol. The molecule has 1 fully saturated rings. The minimum absolute atomic E-state index is 2.19. The van der Waals surface area contributed by atoms with E-state index >= 15 is 0 Å². The van der Waals surface area contributed by atoms with Gasteiger partial charge < -0.3 is 9.47 Å². The van der Waals surface area contributed by atoms with E-state index in [1.807, 2.05) is 0 Å². The van der Waals surface area contributed by atoms with Crippen LogP contribution in [0.3, 0.4) is 0 Å². The number of ether oxygens (including phenoxy) is 2. The van der Waals surface area contributed by atoms with Crippen molar-refractivity contribution in [3.63, 3.8) is 0 Å². The van der Waals surface area contributed by atoms with Crippen molar-refractivity contribution in [2.45, 2.75) is 12.2 Å². The average Bonchev–Trinajstić information content (AvgIpc) is 3.21. The van der Waals surface area contributed by atoms with Crippen molar-refractivity contribution in [2.24, 2.45) is 0 Å². The molecule has 184 valence electrons. The fourth-order valence-electron chi connectivity index (χ4n) is 2.28. The predicted molar refractivity (Wildman–Crippen MR) is 81.6 cm³/mol. The monoisotopic (exact) mass is 528 g/mol. The molecule has 2 aromatic rings. The standard InChI is InChI=1S/C16H2F10O7S/c17-1-3(19)7(23)11(8(24)4(1)20)30-15(27)13-14(33-34(29)32-13)16(28)31-12-9(25)5(21)2(18)6(22)10(12)26/h13-14H. The first kappa shape index (κ1) is 25.4. The van der Waals surface area contributed by atoms with E-state index in [0.29, 0.717) is 0 Å². The summed E-state index contributed by atoms with van der Waals surface area (Å²) in [6, 6.07) is 0. The molecule has 1 saturated heterocycles. The number of rotatable bonds is 4. The predicted octanol–water partition coefficient (Wildman–Crippen LogP) is 2.95. The van der Waals surface area contributed by atoms with E-state index in [2.05, 4.69) is 17.8 Å². The van der Waals surface area contributed by atoms with Crippen molar-refractivity contribution in [3.8, 4) is 11.5 Å². The Morgan fingerprint density at radius 1 is 0.529 bits per heavy atom. The van der Waals surface area contributed by atoms with Gasteiger partial charge in [-0.3, -0.25) is 0 Å². The Balaban J connectivity index is 1.90. The van der Waals surface area contributed by atoms with Crippen LogP contribution < -0.4 is 9.47 Å². The van der Waals surface area contributed by atoms with Crippen molar-refractivity contribution in [2.75, 3.05) is 0 Å². The third-order valence-corrected chi connectivity index (χ3v) is 4.58. The van der Waals surface area contributed by atoms with Crippen molar-refractivity contribution in [1.82, 2.24) is 0 Å². The fraction of sp³-hybridized carbons (Fsp3) is 0.125. The molecule has 7 nitrogen and oxygen atoms in total. The van der Waals surface area contributed by atoms with E-state index < -0.39 is 105 Å². The van der Waals surface area contributed by atoms with Crippen LogP contribution in [0, 0.1) is 58.2 Å². The van der Waals surface area contributed by atoms with E-state index in [9.17, 15) is 57.7 Å². The lowest BCUT2D eigenvalue weighted by Crippen LogP contribution is -2.42. The molecule has 0 bridgehead atoms. The molecule has 0 spiro atoms. The Labute approximate surface area is 181 Å². The highest BCUT2D eigenvalue weighted by molar-refractivity contribution is 7.75. The molecule has 2 aromatic carbocycles. The summed E-state index contributed by atoms with van der Waals surface area (Å²) in [6.45, 7) is 0. The highest BCUT2D eigenvalue weighted by Crippen LogP contribution is 2.32. The number of hydrogen-bond donors (Lipinski definition) is 0. The molecule has 2 atom stereocenters. The lowest BCUT2D eigenvalue weighted by Gasteiger charge is -2.15. The number of carbonyl (C=O) groups excluding carboxylic acids is 2. The maximum absolute atomic E-state index is 13.7. The van der Waals surface area contributed by atoms with Gasteiger partial charge in [0.2, 0.25) is 81.9 Å². The number of carbonyl (C=O) groups is 2. The van der Waals surface area contributed by atoms with E-state index in [-0.39, 0.29) is 0 Å². The largest absolute Gasteiger partial charge is 0.418 e. The third-order valence-electron chi connectivity index (χ3n) is 3.85. The van der Waals surface area contributed by atoms with E-state index in [1.165, 1.54) is 0 Å². The molecular formula is C16H2F10O7S. The van der Waals surface area contributed by atoms with Gasteiger partial charge in [0.1, 0.15) is 0 Å². The van der Waals surface area contributed by atoms with Gasteiger partial charge in [-0.1, -0.05) is 0 Å². The smallest absolute Gasteiger partial charge is 0.345 e. The van der Waals surface area contributed by atoms with Crippen LogP contribution in [-0.4, -0.2) is 28.4 Å². The van der Waals surface area contributed by atoms with Gasteiger partial charge in [0, 0.05) is 0 Å². The van der Waals surface area contributed by atoms with E-state index in [4.69, 9.17) is 0 Å². The molecule has 0 amide bonds. The summed E-state index contributed by atoms with van der Waals surface area (Å²) in [6.07, 6.45) is -5.41. The van der Waals surface area contributed by atoms with Gasteiger partial charge >= 0.3 is 23.3 Å². The quantitative estimate of drug-likeness (QED) is 0.198. The Hall–Kier alpha value is -3.25. The van der Waals surface area contributed by atoms with Crippen molar-refractivity contribution < 1.29 is 75.5 Å². The van der Waals surface area contributed by atoms with Crippen LogP contribution in [0.15, 0.2) is 0 Å². The summed E-state index contributed by atoms with van der Waals surface area (Å²) in [5.41, 5.74) is 0. The molecule has 18 heteroatoms. The Morgan fingerprint density at radius 2 is 0.765 bits per heavy atom. The maximum Gasteiger partial charge on any atom is 0.345 e. The van der Waals surface area contributed by atoms with Gasteiger partial charge in [0.05, 0.1) is 0 Å². The van der Waals surface area contributed by atoms with Gasteiger partial charge in [-0.05, 0) is 0 Å². The van der Waals surface area contributed by atoms with E-state index in [0.717, 1.165) is 0 Å². The van der Waals surface area contributed by atoms with Gasteiger partial charge in [-0.2, -0.15) is 21.8 Å². The number of esters is 2. The van der Waals surface area contributed by atoms with Crippen LogP contribution in [0.25, 0.3) is 0 Å². The van der Waals surface area contributed by atoms with Crippen LogP contribution in [0.2, 0.25) is 0 Å². The van der Waals surface area contributed by atoms with Gasteiger partial charge in [-0.25, -0.2) is 44.3 Å². The van der Waals surface area contributed by atoms with Crippen LogP contribution in [-0.2, 0) is 29.3 Å².